The van der Waals surface area contributed by atoms with E-state index in [2.05, 4.69) is 11.8 Å². The number of hydrogen-bond donors (Lipinski definition) is 1. The van der Waals surface area contributed by atoms with Gasteiger partial charge in [0.1, 0.15) is 11.4 Å². The van der Waals surface area contributed by atoms with E-state index in [1.165, 1.54) is 0 Å². The Hall–Kier alpha value is -2.87. The van der Waals surface area contributed by atoms with Crippen LogP contribution in [-0.4, -0.2) is 58.9 Å². The van der Waals surface area contributed by atoms with Crippen LogP contribution in [0, 0.1) is 0 Å². The van der Waals surface area contributed by atoms with Gasteiger partial charge in [-0.15, -0.1) is 0 Å². The van der Waals surface area contributed by atoms with Crippen molar-refractivity contribution in [1.29, 1.82) is 0 Å². The maximum atomic E-state index is 12.7. The number of aromatic nitrogens is 2. The lowest BCUT2D eigenvalue weighted by molar-refractivity contribution is 0.0220. The van der Waals surface area contributed by atoms with Crippen LogP contribution in [0.3, 0.4) is 0 Å². The van der Waals surface area contributed by atoms with Gasteiger partial charge < -0.3 is 25.0 Å². The van der Waals surface area contributed by atoms with Gasteiger partial charge in [-0.05, 0) is 58.4 Å². The number of nitrogens with two attached hydrogens (primary N) is 1. The van der Waals surface area contributed by atoms with Crippen molar-refractivity contribution in [3.63, 3.8) is 0 Å². The monoisotopic (exact) mass is 425 g/mol. The minimum atomic E-state index is -0.535. The van der Waals surface area contributed by atoms with Crippen LogP contribution in [0.5, 0.6) is 0 Å². The number of carbonyl (C=O) groups is 1. The molecule has 2 aromatic rings. The van der Waals surface area contributed by atoms with Gasteiger partial charge in [-0.25, -0.2) is 14.8 Å². The van der Waals surface area contributed by atoms with Gasteiger partial charge in [0.15, 0.2) is 5.82 Å². The molecule has 3 heterocycles. The SMILES string of the molecule is C[C@H]1COCCN1c1nc(-c2ccc(N)cc2)nc2c1CCN(C(=O)OC(C)(C)C)C2. The van der Waals surface area contributed by atoms with E-state index in [1.54, 1.807) is 4.90 Å². The lowest BCUT2D eigenvalue weighted by Gasteiger charge is -2.38. The van der Waals surface area contributed by atoms with Gasteiger partial charge in [0.25, 0.3) is 0 Å². The number of nitrogen functional groups attached to an aromatic ring is 1. The van der Waals surface area contributed by atoms with E-state index >= 15 is 0 Å². The fraction of sp³-hybridized carbons (Fsp3) is 0.522. The minimum absolute atomic E-state index is 0.218. The molecule has 0 saturated carbocycles. The highest BCUT2D eigenvalue weighted by Gasteiger charge is 2.31. The Balaban J connectivity index is 1.73. The second kappa shape index (κ2) is 8.34. The minimum Gasteiger partial charge on any atom is -0.444 e. The van der Waals surface area contributed by atoms with Crippen LogP contribution >= 0.6 is 0 Å². The number of morpholine rings is 1. The second-order valence-corrected chi connectivity index (χ2v) is 9.19. The van der Waals surface area contributed by atoms with Gasteiger partial charge >= 0.3 is 6.09 Å². The van der Waals surface area contributed by atoms with Crippen LogP contribution in [0.25, 0.3) is 11.4 Å². The van der Waals surface area contributed by atoms with Gasteiger partial charge in [0.05, 0.1) is 31.5 Å². The standard InChI is InChI=1S/C23H31N5O3/c1-15-14-30-12-11-28(15)21-18-9-10-27(22(29)31-23(2,3)4)13-19(18)25-20(26-21)16-5-7-17(24)8-6-16/h5-8,15H,9-14,24H2,1-4H3/t15-/m0/s1. The van der Waals surface area contributed by atoms with E-state index in [4.69, 9.17) is 25.2 Å². The summed E-state index contributed by atoms with van der Waals surface area (Å²) in [6.45, 7) is 10.9. The first-order valence-electron chi connectivity index (χ1n) is 10.8. The molecular formula is C23H31N5O3. The average molecular weight is 426 g/mol. The van der Waals surface area contributed by atoms with Gasteiger partial charge in [0, 0.05) is 29.9 Å². The van der Waals surface area contributed by atoms with Gasteiger partial charge in [-0.2, -0.15) is 0 Å². The second-order valence-electron chi connectivity index (χ2n) is 9.19. The molecule has 2 aliphatic rings. The summed E-state index contributed by atoms with van der Waals surface area (Å²) in [5.74, 6) is 1.58. The molecule has 1 aromatic carbocycles. The summed E-state index contributed by atoms with van der Waals surface area (Å²) in [4.78, 5) is 26.5. The van der Waals surface area contributed by atoms with Gasteiger partial charge in [-0.3, -0.25) is 0 Å². The van der Waals surface area contributed by atoms with E-state index in [0.717, 1.165) is 29.2 Å². The highest BCUT2D eigenvalue weighted by molar-refractivity contribution is 5.70. The Bertz CT molecular complexity index is 955. The number of nitrogens with zero attached hydrogens (tertiary/aromatic N) is 4. The van der Waals surface area contributed by atoms with Crippen LogP contribution in [-0.2, 0) is 22.4 Å². The van der Waals surface area contributed by atoms with Crippen molar-refractivity contribution in [2.24, 2.45) is 0 Å². The molecule has 0 bridgehead atoms. The van der Waals surface area contributed by atoms with E-state index in [9.17, 15) is 4.79 Å². The molecule has 4 rings (SSSR count). The van der Waals surface area contributed by atoms with Gasteiger partial charge in [-0.1, -0.05) is 0 Å². The van der Waals surface area contributed by atoms with Crippen molar-refractivity contribution >= 4 is 17.6 Å². The van der Waals surface area contributed by atoms with E-state index < -0.39 is 5.60 Å². The molecule has 0 spiro atoms. The first-order valence-corrected chi connectivity index (χ1v) is 10.8. The normalized spacial score (nSPS) is 19.2. The zero-order valence-electron chi connectivity index (χ0n) is 18.7. The number of ether oxygens (including phenoxy) is 2. The average Bonchev–Trinajstić information content (AvgIpc) is 2.72. The number of anilines is 2. The Morgan fingerprint density at radius 3 is 2.61 bits per heavy atom. The van der Waals surface area contributed by atoms with Crippen LogP contribution in [0.4, 0.5) is 16.3 Å². The molecule has 166 valence electrons. The molecule has 1 atom stereocenters. The van der Waals surface area contributed by atoms with Crippen molar-refractivity contribution in [2.75, 3.05) is 36.9 Å². The van der Waals surface area contributed by atoms with Crippen molar-refractivity contribution in [1.82, 2.24) is 14.9 Å². The fourth-order valence-electron chi connectivity index (χ4n) is 3.93. The Morgan fingerprint density at radius 1 is 1.19 bits per heavy atom. The van der Waals surface area contributed by atoms with Crippen molar-refractivity contribution in [2.45, 2.75) is 52.3 Å². The molecular weight excluding hydrogens is 394 g/mol. The summed E-state index contributed by atoms with van der Waals surface area (Å²) in [7, 11) is 0. The van der Waals surface area contributed by atoms with Crippen LogP contribution in [0.1, 0.15) is 39.0 Å². The maximum absolute atomic E-state index is 12.7. The fourth-order valence-corrected chi connectivity index (χ4v) is 3.93. The molecule has 8 heteroatoms. The van der Waals surface area contributed by atoms with Crippen LogP contribution in [0.15, 0.2) is 24.3 Å². The van der Waals surface area contributed by atoms with Crippen molar-refractivity contribution in [3.05, 3.63) is 35.5 Å². The highest BCUT2D eigenvalue weighted by atomic mass is 16.6. The van der Waals surface area contributed by atoms with Crippen LogP contribution in [0.2, 0.25) is 0 Å². The molecule has 0 unspecified atom stereocenters. The summed E-state index contributed by atoms with van der Waals surface area (Å²) in [5, 5.41) is 0. The smallest absolute Gasteiger partial charge is 0.410 e. The molecule has 2 aliphatic heterocycles. The molecule has 31 heavy (non-hydrogen) atoms. The molecule has 0 radical (unpaired) electrons. The van der Waals surface area contributed by atoms with Crippen molar-refractivity contribution in [3.8, 4) is 11.4 Å². The topological polar surface area (TPSA) is 93.8 Å². The lowest BCUT2D eigenvalue weighted by Crippen LogP contribution is -2.46. The third-order valence-corrected chi connectivity index (χ3v) is 5.50. The van der Waals surface area contributed by atoms with Gasteiger partial charge in [0.2, 0.25) is 0 Å². The van der Waals surface area contributed by atoms with Crippen LogP contribution < -0.4 is 10.6 Å². The molecule has 1 fully saturated rings. The molecule has 0 aliphatic carbocycles. The first-order chi connectivity index (χ1) is 14.7. The molecule has 1 aromatic heterocycles. The summed E-state index contributed by atoms with van der Waals surface area (Å²) < 4.78 is 11.2. The van der Waals surface area contributed by atoms with E-state index in [-0.39, 0.29) is 12.1 Å². The predicted molar refractivity (Wildman–Crippen MR) is 120 cm³/mol. The lowest BCUT2D eigenvalue weighted by atomic mass is 10.0. The molecule has 2 N–H and O–H groups in total. The quantitative estimate of drug-likeness (QED) is 0.738. The molecule has 8 nitrogen and oxygen atoms in total. The number of fused-ring (bicyclic) bond motifs is 1. The maximum Gasteiger partial charge on any atom is 0.410 e. The predicted octanol–water partition coefficient (Wildman–Crippen LogP) is 3.24. The van der Waals surface area contributed by atoms with E-state index in [1.807, 2.05) is 45.0 Å². The third kappa shape index (κ3) is 4.74. The summed E-state index contributed by atoms with van der Waals surface area (Å²) in [6, 6.07) is 7.77. The number of hydrogen-bond acceptors (Lipinski definition) is 7. The number of benzene rings is 1. The summed E-state index contributed by atoms with van der Waals surface area (Å²) in [6.07, 6.45) is 0.378. The molecule has 1 saturated heterocycles. The summed E-state index contributed by atoms with van der Waals surface area (Å²) in [5.41, 5.74) is 8.89. The highest BCUT2D eigenvalue weighted by Crippen LogP contribution is 2.32. The molecule has 1 amide bonds. The zero-order valence-corrected chi connectivity index (χ0v) is 18.7. The third-order valence-electron chi connectivity index (χ3n) is 5.50. The Labute approximate surface area is 183 Å². The first kappa shape index (κ1) is 21.4. The summed E-state index contributed by atoms with van der Waals surface area (Å²) >= 11 is 0. The van der Waals surface area contributed by atoms with E-state index in [0.29, 0.717) is 44.2 Å². The van der Waals surface area contributed by atoms with Crippen molar-refractivity contribution < 1.29 is 14.3 Å². The Kier molecular flexibility index (Phi) is 5.75. The number of carbonyl (C=O) groups excluding carboxylic acids is 1. The zero-order chi connectivity index (χ0) is 22.2. The number of amides is 1. The Morgan fingerprint density at radius 2 is 1.94 bits per heavy atom. The number of rotatable bonds is 2. The largest absolute Gasteiger partial charge is 0.444 e.